The Morgan fingerprint density at radius 2 is 1.94 bits per heavy atom. The van der Waals surface area contributed by atoms with Crippen LogP contribution in [0.1, 0.15) is 26.5 Å². The molecule has 2 aromatic rings. The minimum Gasteiger partial charge on any atom is -0.507 e. The molecular formula is C13H11NO3. The van der Waals surface area contributed by atoms with Crippen LogP contribution < -0.4 is 0 Å². The molecule has 4 heteroatoms. The average Bonchev–Trinajstić information content (AvgIpc) is 2.70. The number of benzene rings is 1. The molecule has 2 rings (SSSR count). The molecular weight excluding hydrogens is 218 g/mol. The maximum atomic E-state index is 12.1. The smallest absolute Gasteiger partial charge is 0.213 e. The van der Waals surface area contributed by atoms with Gasteiger partial charge in [-0.05, 0) is 24.3 Å². The molecule has 0 atom stereocenters. The third kappa shape index (κ3) is 1.85. The first kappa shape index (κ1) is 11.1. The van der Waals surface area contributed by atoms with Crippen molar-refractivity contribution >= 4 is 12.1 Å². The van der Waals surface area contributed by atoms with Crippen molar-refractivity contribution in [3.05, 3.63) is 53.3 Å². The van der Waals surface area contributed by atoms with E-state index in [1.807, 2.05) is 0 Å². The van der Waals surface area contributed by atoms with Crippen LogP contribution in [0.25, 0.3) is 0 Å². The van der Waals surface area contributed by atoms with Crippen LogP contribution in [-0.4, -0.2) is 21.7 Å². The monoisotopic (exact) mass is 229 g/mol. The highest BCUT2D eigenvalue weighted by molar-refractivity contribution is 6.10. The maximum Gasteiger partial charge on any atom is 0.213 e. The van der Waals surface area contributed by atoms with E-state index in [1.165, 1.54) is 10.6 Å². The summed E-state index contributed by atoms with van der Waals surface area (Å²) in [5.74, 6) is -0.370. The van der Waals surface area contributed by atoms with Crippen molar-refractivity contribution < 1.29 is 14.7 Å². The molecule has 1 N–H and O–H groups in total. The number of nitrogens with zero attached hydrogens (tertiary/aromatic N) is 1. The van der Waals surface area contributed by atoms with Gasteiger partial charge in [0.1, 0.15) is 5.75 Å². The van der Waals surface area contributed by atoms with Crippen molar-refractivity contribution in [2.75, 3.05) is 0 Å². The van der Waals surface area contributed by atoms with E-state index in [0.29, 0.717) is 17.7 Å². The van der Waals surface area contributed by atoms with E-state index in [4.69, 9.17) is 0 Å². The zero-order valence-electron chi connectivity index (χ0n) is 9.25. The number of aromatic nitrogens is 1. The van der Waals surface area contributed by atoms with Crippen molar-refractivity contribution in [3.63, 3.8) is 0 Å². The molecule has 17 heavy (non-hydrogen) atoms. The minimum absolute atomic E-state index is 0.0636. The van der Waals surface area contributed by atoms with Gasteiger partial charge in [-0.25, -0.2) is 0 Å². The van der Waals surface area contributed by atoms with Gasteiger partial charge in [-0.15, -0.1) is 0 Å². The summed E-state index contributed by atoms with van der Waals surface area (Å²) in [4.78, 5) is 22.8. The Morgan fingerprint density at radius 1 is 1.24 bits per heavy atom. The van der Waals surface area contributed by atoms with Gasteiger partial charge < -0.3 is 9.67 Å². The highest BCUT2D eigenvalue weighted by atomic mass is 16.3. The molecule has 1 aromatic carbocycles. The predicted octanol–water partition coefficient (Wildman–Crippen LogP) is 1.77. The Labute approximate surface area is 98.1 Å². The number of phenolic OH excluding ortho intramolecular Hbond substituents is 1. The fraction of sp³-hybridized carbons (Fsp3) is 0.0769. The zero-order chi connectivity index (χ0) is 12.4. The van der Waals surface area contributed by atoms with Gasteiger partial charge in [0.05, 0.1) is 17.0 Å². The zero-order valence-corrected chi connectivity index (χ0v) is 9.25. The van der Waals surface area contributed by atoms with E-state index >= 15 is 0 Å². The molecule has 86 valence electrons. The third-order valence-corrected chi connectivity index (χ3v) is 2.66. The molecule has 0 bridgehead atoms. The van der Waals surface area contributed by atoms with E-state index < -0.39 is 0 Å². The number of rotatable bonds is 3. The van der Waals surface area contributed by atoms with E-state index in [-0.39, 0.29) is 17.1 Å². The number of carbonyl (C=O) groups excluding carboxylic acids is 2. The number of ketones is 1. The largest absolute Gasteiger partial charge is 0.507 e. The highest BCUT2D eigenvalue weighted by Gasteiger charge is 2.16. The molecule has 0 amide bonds. The topological polar surface area (TPSA) is 59.3 Å². The summed E-state index contributed by atoms with van der Waals surface area (Å²) in [6.45, 7) is 0. The lowest BCUT2D eigenvalue weighted by Crippen LogP contribution is -2.09. The van der Waals surface area contributed by atoms with Gasteiger partial charge in [0.2, 0.25) is 5.78 Å². The van der Waals surface area contributed by atoms with E-state index in [9.17, 15) is 14.7 Å². The van der Waals surface area contributed by atoms with Gasteiger partial charge in [0, 0.05) is 7.05 Å². The third-order valence-electron chi connectivity index (χ3n) is 2.66. The normalized spacial score (nSPS) is 10.2. The van der Waals surface area contributed by atoms with E-state index in [2.05, 4.69) is 0 Å². The summed E-state index contributed by atoms with van der Waals surface area (Å²) in [5.41, 5.74) is 1.02. The second-order valence-electron chi connectivity index (χ2n) is 3.67. The number of aldehydes is 1. The summed E-state index contributed by atoms with van der Waals surface area (Å²) in [5, 5.41) is 9.60. The van der Waals surface area contributed by atoms with Crippen molar-refractivity contribution in [2.24, 2.45) is 7.05 Å². The summed E-state index contributed by atoms with van der Waals surface area (Å²) in [7, 11) is 1.64. The molecule has 0 aliphatic heterocycles. The van der Waals surface area contributed by atoms with E-state index in [0.717, 1.165) is 0 Å². The Morgan fingerprint density at radius 3 is 2.53 bits per heavy atom. The predicted molar refractivity (Wildman–Crippen MR) is 62.3 cm³/mol. The number of hydrogen-bond donors (Lipinski definition) is 1. The van der Waals surface area contributed by atoms with Crippen molar-refractivity contribution in [2.45, 2.75) is 0 Å². The van der Waals surface area contributed by atoms with Crippen molar-refractivity contribution in [3.8, 4) is 5.75 Å². The van der Waals surface area contributed by atoms with Crippen molar-refractivity contribution in [1.82, 2.24) is 4.57 Å². The summed E-state index contributed by atoms with van der Waals surface area (Å²) >= 11 is 0. The summed E-state index contributed by atoms with van der Waals surface area (Å²) in [6, 6.07) is 9.46. The number of aromatic hydroxyl groups is 1. The van der Waals surface area contributed by atoms with Gasteiger partial charge in [0.25, 0.3) is 0 Å². The van der Waals surface area contributed by atoms with Crippen LogP contribution in [0.4, 0.5) is 0 Å². The van der Waals surface area contributed by atoms with Crippen LogP contribution in [-0.2, 0) is 7.05 Å². The molecule has 0 radical (unpaired) electrons. The first-order valence-corrected chi connectivity index (χ1v) is 5.08. The van der Waals surface area contributed by atoms with Gasteiger partial charge in [-0.1, -0.05) is 12.1 Å². The lowest BCUT2D eigenvalue weighted by molar-refractivity contribution is 0.102. The molecule has 0 unspecified atom stereocenters. The standard InChI is InChI=1S/C13H11NO3/c1-14-9(8-15)6-7-11(14)13(17)10-4-2-3-5-12(10)16/h2-8,16H,1H3. The molecule has 0 spiro atoms. The van der Waals surface area contributed by atoms with E-state index in [1.54, 1.807) is 37.4 Å². The van der Waals surface area contributed by atoms with Gasteiger partial charge in [0.15, 0.2) is 6.29 Å². The molecule has 0 aliphatic rings. The van der Waals surface area contributed by atoms with Gasteiger partial charge in [-0.3, -0.25) is 9.59 Å². The number of carbonyl (C=O) groups is 2. The van der Waals surface area contributed by atoms with Crippen LogP contribution in [0, 0.1) is 0 Å². The molecule has 1 heterocycles. The number of hydrogen-bond acceptors (Lipinski definition) is 3. The second-order valence-corrected chi connectivity index (χ2v) is 3.67. The Hall–Kier alpha value is -2.36. The SMILES string of the molecule is Cn1c(C=O)ccc1C(=O)c1ccccc1O. The van der Waals surface area contributed by atoms with Crippen LogP contribution in [0.2, 0.25) is 0 Å². The molecule has 4 nitrogen and oxygen atoms in total. The fourth-order valence-corrected chi connectivity index (χ4v) is 1.68. The molecule has 1 aromatic heterocycles. The average molecular weight is 229 g/mol. The lowest BCUT2D eigenvalue weighted by atomic mass is 10.1. The van der Waals surface area contributed by atoms with Crippen LogP contribution in [0.15, 0.2) is 36.4 Å². The van der Waals surface area contributed by atoms with Gasteiger partial charge in [-0.2, -0.15) is 0 Å². The van der Waals surface area contributed by atoms with Crippen LogP contribution in [0.5, 0.6) is 5.75 Å². The number of para-hydroxylation sites is 1. The summed E-state index contributed by atoms with van der Waals surface area (Å²) in [6.07, 6.45) is 0.682. The van der Waals surface area contributed by atoms with Crippen molar-refractivity contribution in [1.29, 1.82) is 0 Å². The fourth-order valence-electron chi connectivity index (χ4n) is 1.68. The lowest BCUT2D eigenvalue weighted by Gasteiger charge is -2.05. The Bertz CT molecular complexity index is 584. The minimum atomic E-state index is -0.307. The quantitative estimate of drug-likeness (QED) is 0.644. The molecule has 0 aliphatic carbocycles. The van der Waals surface area contributed by atoms with Crippen LogP contribution >= 0.6 is 0 Å². The maximum absolute atomic E-state index is 12.1. The highest BCUT2D eigenvalue weighted by Crippen LogP contribution is 2.20. The van der Waals surface area contributed by atoms with Crippen LogP contribution in [0.3, 0.4) is 0 Å². The first-order chi connectivity index (χ1) is 8.15. The Balaban J connectivity index is 2.48. The summed E-state index contributed by atoms with van der Waals surface area (Å²) < 4.78 is 1.50. The Kier molecular flexibility index (Phi) is 2.78. The first-order valence-electron chi connectivity index (χ1n) is 5.08. The molecule has 0 saturated heterocycles. The van der Waals surface area contributed by atoms with Gasteiger partial charge >= 0.3 is 0 Å². The second kappa shape index (κ2) is 4.25. The molecule has 0 fully saturated rings. The number of phenols is 1. The molecule has 0 saturated carbocycles.